The molecule has 0 atom stereocenters. The highest BCUT2D eigenvalue weighted by atomic mass is 14.4. The molecule has 0 N–H and O–H groups in total. The predicted octanol–water partition coefficient (Wildman–Crippen LogP) is 9.43. The Kier molecular flexibility index (Phi) is 3.92. The fourth-order valence-electron chi connectivity index (χ4n) is 6.21. The largest absolute Gasteiger partial charge is 0.0616 e. The van der Waals surface area contributed by atoms with Gasteiger partial charge in [0.25, 0.3) is 0 Å². The van der Waals surface area contributed by atoms with E-state index in [1.54, 1.807) is 0 Å². The van der Waals surface area contributed by atoms with Crippen LogP contribution in [0.15, 0.2) is 103 Å². The molecule has 34 heavy (non-hydrogen) atoms. The van der Waals surface area contributed by atoms with Gasteiger partial charge in [-0.15, -0.1) is 0 Å². The maximum atomic E-state index is 2.44. The topological polar surface area (TPSA) is 0 Å². The van der Waals surface area contributed by atoms with Gasteiger partial charge in [0.2, 0.25) is 0 Å². The second-order valence-electron chi connectivity index (χ2n) is 10.3. The Morgan fingerprint density at radius 2 is 1.12 bits per heavy atom. The predicted molar refractivity (Wildman–Crippen MR) is 147 cm³/mol. The number of hydrogen-bond donors (Lipinski definition) is 0. The van der Waals surface area contributed by atoms with E-state index in [0.29, 0.717) is 0 Å². The van der Waals surface area contributed by atoms with Crippen LogP contribution in [-0.2, 0) is 5.41 Å². The molecule has 0 heterocycles. The van der Waals surface area contributed by atoms with E-state index in [0.717, 1.165) is 0 Å². The monoisotopic (exact) mass is 434 g/mol. The van der Waals surface area contributed by atoms with E-state index >= 15 is 0 Å². The van der Waals surface area contributed by atoms with E-state index in [2.05, 4.69) is 124 Å². The van der Waals surface area contributed by atoms with Gasteiger partial charge in [-0.25, -0.2) is 0 Å². The van der Waals surface area contributed by atoms with E-state index in [1.807, 2.05) is 0 Å². The summed E-state index contributed by atoms with van der Waals surface area (Å²) >= 11 is 0. The molecule has 6 aromatic carbocycles. The first-order valence-corrected chi connectivity index (χ1v) is 12.1. The molecule has 1 aliphatic rings. The summed E-state index contributed by atoms with van der Waals surface area (Å²) in [5.41, 5.74) is 9.47. The summed E-state index contributed by atoms with van der Waals surface area (Å²) in [5.74, 6) is 0. The lowest BCUT2D eigenvalue weighted by Gasteiger charge is -2.24. The van der Waals surface area contributed by atoms with Crippen molar-refractivity contribution in [1.82, 2.24) is 0 Å². The minimum Gasteiger partial charge on any atom is -0.0616 e. The van der Waals surface area contributed by atoms with Crippen molar-refractivity contribution in [2.75, 3.05) is 0 Å². The summed E-state index contributed by atoms with van der Waals surface area (Å²) < 4.78 is 0. The standard InChI is InChI=1S/C34H26/c1-21-12-13-23-19-24(15-14-22(23)18-21)25-16-17-30-31(20-25)34(2,3)33-29-11-7-5-9-27(29)26-8-4-6-10-28(26)32(30)33/h4-20H,1-3H3. The Morgan fingerprint density at radius 1 is 0.529 bits per heavy atom. The third-order valence-corrected chi connectivity index (χ3v) is 7.85. The van der Waals surface area contributed by atoms with Crippen LogP contribution in [0, 0.1) is 6.92 Å². The summed E-state index contributed by atoms with van der Waals surface area (Å²) in [4.78, 5) is 0. The Morgan fingerprint density at radius 3 is 1.91 bits per heavy atom. The van der Waals surface area contributed by atoms with Crippen molar-refractivity contribution >= 4 is 32.3 Å². The second kappa shape index (κ2) is 6.81. The molecule has 6 aromatic rings. The number of aryl methyl sites for hydroxylation is 1. The maximum Gasteiger partial charge on any atom is 0.0165 e. The highest BCUT2D eigenvalue weighted by Gasteiger charge is 2.38. The van der Waals surface area contributed by atoms with Gasteiger partial charge in [0.1, 0.15) is 0 Å². The van der Waals surface area contributed by atoms with Gasteiger partial charge in [0.15, 0.2) is 0 Å². The third kappa shape index (κ3) is 2.60. The molecule has 0 heteroatoms. The van der Waals surface area contributed by atoms with Crippen molar-refractivity contribution in [1.29, 1.82) is 0 Å². The minimum atomic E-state index is -0.0712. The van der Waals surface area contributed by atoms with Crippen LogP contribution >= 0.6 is 0 Å². The van der Waals surface area contributed by atoms with Crippen molar-refractivity contribution in [3.8, 4) is 22.3 Å². The number of benzene rings is 6. The molecular weight excluding hydrogens is 408 g/mol. The number of fused-ring (bicyclic) bond motifs is 9. The van der Waals surface area contributed by atoms with Crippen LogP contribution in [0.5, 0.6) is 0 Å². The summed E-state index contributed by atoms with van der Waals surface area (Å²) in [7, 11) is 0. The molecule has 0 spiro atoms. The molecule has 0 fully saturated rings. The van der Waals surface area contributed by atoms with E-state index in [9.17, 15) is 0 Å². The van der Waals surface area contributed by atoms with Gasteiger partial charge in [-0.1, -0.05) is 110 Å². The molecule has 0 radical (unpaired) electrons. The van der Waals surface area contributed by atoms with Crippen LogP contribution in [-0.4, -0.2) is 0 Å². The molecule has 0 bridgehead atoms. The molecule has 0 aromatic heterocycles. The van der Waals surface area contributed by atoms with Crippen LogP contribution in [0.1, 0.15) is 30.5 Å². The lowest BCUT2D eigenvalue weighted by molar-refractivity contribution is 0.667. The van der Waals surface area contributed by atoms with E-state index in [1.165, 1.54) is 71.3 Å². The molecule has 0 nitrogen and oxygen atoms in total. The van der Waals surface area contributed by atoms with Crippen molar-refractivity contribution < 1.29 is 0 Å². The van der Waals surface area contributed by atoms with E-state index in [4.69, 9.17) is 0 Å². The second-order valence-corrected chi connectivity index (χ2v) is 10.3. The lowest BCUT2D eigenvalue weighted by atomic mass is 9.79. The number of hydrogen-bond acceptors (Lipinski definition) is 0. The highest BCUT2D eigenvalue weighted by molar-refractivity contribution is 6.18. The molecule has 7 rings (SSSR count). The minimum absolute atomic E-state index is 0.0712. The maximum absolute atomic E-state index is 2.44. The molecule has 0 amide bonds. The van der Waals surface area contributed by atoms with Crippen LogP contribution < -0.4 is 0 Å². The first kappa shape index (κ1) is 19.6. The van der Waals surface area contributed by atoms with Gasteiger partial charge in [0.05, 0.1) is 0 Å². The Balaban J connectivity index is 1.50. The average Bonchev–Trinajstić information content (AvgIpc) is 3.11. The summed E-state index contributed by atoms with van der Waals surface area (Å²) in [6.45, 7) is 6.94. The average molecular weight is 435 g/mol. The van der Waals surface area contributed by atoms with Crippen LogP contribution in [0.25, 0.3) is 54.6 Å². The Hall–Kier alpha value is -3.90. The Bertz CT molecular complexity index is 1780. The molecule has 0 saturated heterocycles. The van der Waals surface area contributed by atoms with Crippen molar-refractivity contribution in [3.05, 3.63) is 120 Å². The summed E-state index contributed by atoms with van der Waals surface area (Å²) in [6, 6.07) is 38.5. The fraction of sp³-hybridized carbons (Fsp3) is 0.118. The van der Waals surface area contributed by atoms with E-state index < -0.39 is 0 Å². The van der Waals surface area contributed by atoms with Gasteiger partial charge < -0.3 is 0 Å². The van der Waals surface area contributed by atoms with Gasteiger partial charge in [-0.05, 0) is 84.8 Å². The quantitative estimate of drug-likeness (QED) is 0.226. The van der Waals surface area contributed by atoms with Crippen LogP contribution in [0.3, 0.4) is 0 Å². The summed E-state index contributed by atoms with van der Waals surface area (Å²) in [6.07, 6.45) is 0. The van der Waals surface area contributed by atoms with Crippen LogP contribution in [0.2, 0.25) is 0 Å². The van der Waals surface area contributed by atoms with Gasteiger partial charge >= 0.3 is 0 Å². The van der Waals surface area contributed by atoms with Crippen molar-refractivity contribution in [3.63, 3.8) is 0 Å². The van der Waals surface area contributed by atoms with E-state index in [-0.39, 0.29) is 5.41 Å². The fourth-order valence-corrected chi connectivity index (χ4v) is 6.21. The van der Waals surface area contributed by atoms with Gasteiger partial charge in [-0.2, -0.15) is 0 Å². The molecule has 0 unspecified atom stereocenters. The first-order valence-electron chi connectivity index (χ1n) is 12.1. The highest BCUT2D eigenvalue weighted by Crippen LogP contribution is 2.55. The number of rotatable bonds is 1. The zero-order valence-corrected chi connectivity index (χ0v) is 19.8. The molecular formula is C34H26. The lowest BCUT2D eigenvalue weighted by Crippen LogP contribution is -2.15. The zero-order valence-electron chi connectivity index (χ0n) is 19.8. The third-order valence-electron chi connectivity index (χ3n) is 7.85. The molecule has 0 aliphatic heterocycles. The molecule has 0 saturated carbocycles. The van der Waals surface area contributed by atoms with Gasteiger partial charge in [-0.3, -0.25) is 0 Å². The van der Waals surface area contributed by atoms with Gasteiger partial charge in [0, 0.05) is 5.41 Å². The molecule has 162 valence electrons. The normalized spacial score (nSPS) is 14.0. The zero-order chi connectivity index (χ0) is 23.0. The van der Waals surface area contributed by atoms with Crippen molar-refractivity contribution in [2.24, 2.45) is 0 Å². The van der Waals surface area contributed by atoms with Crippen LogP contribution in [0.4, 0.5) is 0 Å². The SMILES string of the molecule is Cc1ccc2cc(-c3ccc4c(c3)C(C)(C)c3c-4c4ccccc4c4ccccc34)ccc2c1. The van der Waals surface area contributed by atoms with Crippen molar-refractivity contribution in [2.45, 2.75) is 26.2 Å². The Labute approximate surface area is 200 Å². The smallest absolute Gasteiger partial charge is 0.0165 e. The molecule has 1 aliphatic carbocycles. The summed E-state index contributed by atoms with van der Waals surface area (Å²) in [5, 5.41) is 8.02. The first-order chi connectivity index (χ1) is 16.5.